The summed E-state index contributed by atoms with van der Waals surface area (Å²) in [5, 5.41) is 6.52. The number of nitrogens with zero attached hydrogens (tertiary/aromatic N) is 1. The molecule has 5 nitrogen and oxygen atoms in total. The van der Waals surface area contributed by atoms with Crippen LogP contribution in [0.25, 0.3) is 0 Å². The standard InChI is InChI=1S/C21H17Cl2F3N2O3S/c1-11-5-13(3-4-17(11)19(29)27-12(2)10-32-30)18-9-20(31-28-18,21(24,25)26)14-6-15(22)8-16(23)7-14/h3-8,12H,9-10H2,1-2H3/p+1. The van der Waals surface area contributed by atoms with Crippen LogP contribution in [0.3, 0.4) is 0 Å². The number of halogens is 5. The zero-order valence-electron chi connectivity index (χ0n) is 16.9. The Bertz CT molecular complexity index is 1070. The van der Waals surface area contributed by atoms with E-state index in [1.54, 1.807) is 19.9 Å². The minimum atomic E-state index is -4.79. The summed E-state index contributed by atoms with van der Waals surface area (Å²) in [5.74, 6) is -0.164. The number of nitrogens with one attached hydrogen (secondary N) is 1. The second-order valence-electron chi connectivity index (χ2n) is 7.48. The molecule has 2 aromatic rings. The molecule has 0 saturated heterocycles. The van der Waals surface area contributed by atoms with E-state index in [0.29, 0.717) is 28.4 Å². The molecule has 0 radical (unpaired) electrons. The Morgan fingerprint density at radius 2 is 1.91 bits per heavy atom. The molecule has 2 unspecified atom stereocenters. The van der Waals surface area contributed by atoms with Crippen LogP contribution in [-0.2, 0) is 26.3 Å². The Morgan fingerprint density at radius 3 is 2.47 bits per heavy atom. The van der Waals surface area contributed by atoms with Crippen molar-refractivity contribution in [1.29, 1.82) is 0 Å². The van der Waals surface area contributed by atoms with E-state index in [0.717, 1.165) is 12.1 Å². The molecule has 11 heteroatoms. The van der Waals surface area contributed by atoms with Gasteiger partial charge in [0.15, 0.2) is 0 Å². The maximum absolute atomic E-state index is 14.1. The Balaban J connectivity index is 1.89. The Kier molecular flexibility index (Phi) is 7.12. The van der Waals surface area contributed by atoms with Gasteiger partial charge in [-0.15, -0.1) is 0 Å². The highest BCUT2D eigenvalue weighted by molar-refractivity contribution is 7.65. The third-order valence-electron chi connectivity index (χ3n) is 5.01. The molecule has 2 atom stereocenters. The summed E-state index contributed by atoms with van der Waals surface area (Å²) in [6, 6.07) is 7.89. The monoisotopic (exact) mass is 505 g/mol. The molecule has 0 spiro atoms. The van der Waals surface area contributed by atoms with E-state index in [1.165, 1.54) is 18.2 Å². The van der Waals surface area contributed by atoms with E-state index in [9.17, 15) is 22.2 Å². The highest BCUT2D eigenvalue weighted by Gasteiger charge is 2.62. The van der Waals surface area contributed by atoms with Gasteiger partial charge in [0.1, 0.15) is 0 Å². The zero-order valence-corrected chi connectivity index (χ0v) is 19.3. The summed E-state index contributed by atoms with van der Waals surface area (Å²) < 4.78 is 53.0. The van der Waals surface area contributed by atoms with Crippen LogP contribution < -0.4 is 5.32 Å². The smallest absolute Gasteiger partial charge is 0.374 e. The molecule has 32 heavy (non-hydrogen) atoms. The fourth-order valence-corrected chi connectivity index (χ4v) is 4.20. The Labute approximate surface area is 196 Å². The second-order valence-corrected chi connectivity index (χ2v) is 8.92. The lowest BCUT2D eigenvalue weighted by atomic mass is 9.86. The summed E-state index contributed by atoms with van der Waals surface area (Å²) in [6.07, 6.45) is -5.38. The molecule has 1 heterocycles. The molecule has 1 amide bonds. The number of alkyl halides is 3. The SMILES string of the molecule is Cc1cc(C2=NOC(c3cc(Cl)cc(Cl)c3)(C(F)(F)F)C2)ccc1C(=O)NC(C)C[S+]=O. The second kappa shape index (κ2) is 9.33. The lowest BCUT2D eigenvalue weighted by Crippen LogP contribution is -2.42. The first-order valence-electron chi connectivity index (χ1n) is 9.42. The van der Waals surface area contributed by atoms with Crippen molar-refractivity contribution in [2.45, 2.75) is 38.1 Å². The first kappa shape index (κ1) is 24.4. The fraction of sp³-hybridized carbons (Fsp3) is 0.333. The average Bonchev–Trinajstić information content (AvgIpc) is 3.14. The van der Waals surface area contributed by atoms with Crippen LogP contribution in [0.1, 0.15) is 40.4 Å². The third-order valence-corrected chi connectivity index (χ3v) is 6.09. The number of amides is 1. The minimum absolute atomic E-state index is 0.0454. The Morgan fingerprint density at radius 1 is 1.25 bits per heavy atom. The van der Waals surface area contributed by atoms with Gasteiger partial charge in [0.05, 0.1) is 11.8 Å². The molecule has 0 aliphatic carbocycles. The van der Waals surface area contributed by atoms with Crippen molar-refractivity contribution in [3.63, 3.8) is 0 Å². The first-order chi connectivity index (χ1) is 15.0. The molecule has 1 N–H and O–H groups in total. The molecule has 0 aromatic heterocycles. The van der Waals surface area contributed by atoms with Crippen LogP contribution in [0.2, 0.25) is 10.0 Å². The summed E-state index contributed by atoms with van der Waals surface area (Å²) >= 11 is 12.2. The van der Waals surface area contributed by atoms with Crippen molar-refractivity contribution in [2.75, 3.05) is 5.75 Å². The molecule has 2 aromatic carbocycles. The molecule has 170 valence electrons. The number of oxime groups is 1. The van der Waals surface area contributed by atoms with Gasteiger partial charge < -0.3 is 10.2 Å². The van der Waals surface area contributed by atoms with E-state index in [4.69, 9.17) is 28.0 Å². The lowest BCUT2D eigenvalue weighted by molar-refractivity contribution is -0.275. The predicted molar refractivity (Wildman–Crippen MR) is 117 cm³/mol. The van der Waals surface area contributed by atoms with Crippen LogP contribution in [0.4, 0.5) is 13.2 Å². The van der Waals surface area contributed by atoms with E-state index >= 15 is 0 Å². The van der Waals surface area contributed by atoms with E-state index < -0.39 is 18.2 Å². The highest BCUT2D eigenvalue weighted by atomic mass is 35.5. The number of carbonyl (C=O) groups excluding carboxylic acids is 1. The fourth-order valence-electron chi connectivity index (χ4n) is 3.39. The van der Waals surface area contributed by atoms with Gasteiger partial charge in [-0.2, -0.15) is 13.2 Å². The van der Waals surface area contributed by atoms with Gasteiger partial charge in [-0.1, -0.05) is 34.4 Å². The number of benzene rings is 2. The van der Waals surface area contributed by atoms with Crippen molar-refractivity contribution in [1.82, 2.24) is 5.32 Å². The van der Waals surface area contributed by atoms with Gasteiger partial charge in [0.25, 0.3) is 11.5 Å². The van der Waals surface area contributed by atoms with Crippen molar-refractivity contribution < 1.29 is 27.0 Å². The number of hydrogen-bond acceptors (Lipinski definition) is 4. The van der Waals surface area contributed by atoms with Crippen LogP contribution >= 0.6 is 23.2 Å². The normalized spacial score (nSPS) is 19.2. The maximum atomic E-state index is 14.1. The maximum Gasteiger partial charge on any atom is 0.460 e. The summed E-state index contributed by atoms with van der Waals surface area (Å²) in [5.41, 5.74) is -1.63. The lowest BCUT2D eigenvalue weighted by Gasteiger charge is -2.29. The molecular weight excluding hydrogens is 488 g/mol. The van der Waals surface area contributed by atoms with Gasteiger partial charge >= 0.3 is 17.8 Å². The highest BCUT2D eigenvalue weighted by Crippen LogP contribution is 2.49. The van der Waals surface area contributed by atoms with Crippen molar-refractivity contribution in [3.05, 3.63) is 68.7 Å². The van der Waals surface area contributed by atoms with Gasteiger partial charge in [0, 0.05) is 31.8 Å². The zero-order chi connectivity index (χ0) is 23.7. The third kappa shape index (κ3) is 4.89. The molecule has 1 aliphatic rings. The van der Waals surface area contributed by atoms with Crippen LogP contribution in [0, 0.1) is 6.92 Å². The summed E-state index contributed by atoms with van der Waals surface area (Å²) in [6.45, 7) is 3.37. The number of rotatable bonds is 6. The van der Waals surface area contributed by atoms with Crippen molar-refractivity contribution >= 4 is 46.5 Å². The van der Waals surface area contributed by atoms with E-state index in [2.05, 4.69) is 10.5 Å². The van der Waals surface area contributed by atoms with E-state index in [1.807, 2.05) is 0 Å². The average molecular weight is 506 g/mol. The van der Waals surface area contributed by atoms with Crippen LogP contribution in [0.15, 0.2) is 41.6 Å². The van der Waals surface area contributed by atoms with Crippen molar-refractivity contribution in [2.24, 2.45) is 5.16 Å². The number of hydrogen-bond donors (Lipinski definition) is 1. The topological polar surface area (TPSA) is 67.8 Å². The van der Waals surface area contributed by atoms with Gasteiger partial charge in [-0.05, 0) is 55.3 Å². The molecule has 0 saturated carbocycles. The molecule has 1 aliphatic heterocycles. The van der Waals surface area contributed by atoms with Crippen LogP contribution in [0.5, 0.6) is 0 Å². The summed E-state index contributed by atoms with van der Waals surface area (Å²) in [7, 11) is 0. The minimum Gasteiger partial charge on any atom is -0.374 e. The molecule has 0 bridgehead atoms. The van der Waals surface area contributed by atoms with Gasteiger partial charge in [0.2, 0.25) is 5.75 Å². The van der Waals surface area contributed by atoms with Gasteiger partial charge in [-0.25, -0.2) is 0 Å². The first-order valence-corrected chi connectivity index (χ1v) is 11.1. The quantitative estimate of drug-likeness (QED) is 0.532. The molecule has 0 fully saturated rings. The molecular formula is C21H18Cl2F3N2O3S+. The largest absolute Gasteiger partial charge is 0.460 e. The van der Waals surface area contributed by atoms with Crippen molar-refractivity contribution in [3.8, 4) is 0 Å². The predicted octanol–water partition coefficient (Wildman–Crippen LogP) is 5.43. The molecule has 3 rings (SSSR count). The Hall–Kier alpha value is -2.23. The number of aryl methyl sites for hydroxylation is 1. The van der Waals surface area contributed by atoms with Crippen LogP contribution in [-0.4, -0.2) is 29.6 Å². The summed E-state index contributed by atoms with van der Waals surface area (Å²) in [4.78, 5) is 17.4. The number of carbonyl (C=O) groups is 1. The van der Waals surface area contributed by atoms with E-state index in [-0.39, 0.29) is 39.0 Å². The van der Waals surface area contributed by atoms with Gasteiger partial charge in [-0.3, -0.25) is 4.79 Å².